The van der Waals surface area contributed by atoms with Gasteiger partial charge in [-0.2, -0.15) is 23.4 Å². The minimum absolute atomic E-state index is 0.000492. The van der Waals surface area contributed by atoms with E-state index in [4.69, 9.17) is 17.3 Å². The molecule has 1 aromatic carbocycles. The number of aromatic nitrogens is 7. The van der Waals surface area contributed by atoms with Crippen molar-refractivity contribution in [2.75, 3.05) is 5.32 Å². The number of anilines is 1. The first kappa shape index (κ1) is 23.9. The number of amides is 2. The average molecular weight is 528 g/mol. The summed E-state index contributed by atoms with van der Waals surface area (Å²) in [6.07, 6.45) is -0.325. The molecule has 4 heterocycles. The SMILES string of the molecule is NC(=O)c1cnn(-c2ncc(NC(=O)c3cnn(-c4cccc5ncccc45)c3C(F)(F)F)cc2Cl)n1. The zero-order valence-electron chi connectivity index (χ0n) is 18.3. The zero-order valence-corrected chi connectivity index (χ0v) is 19.1. The molecule has 186 valence electrons. The minimum atomic E-state index is -4.92. The topological polar surface area (TPSA) is 146 Å². The zero-order chi connectivity index (χ0) is 26.3. The Labute approximate surface area is 209 Å². The van der Waals surface area contributed by atoms with Crippen LogP contribution in [0.3, 0.4) is 0 Å². The van der Waals surface area contributed by atoms with Crippen LogP contribution in [-0.4, -0.2) is 46.6 Å². The van der Waals surface area contributed by atoms with Crippen molar-refractivity contribution in [3.8, 4) is 11.5 Å². The van der Waals surface area contributed by atoms with Crippen molar-refractivity contribution in [1.29, 1.82) is 0 Å². The molecule has 11 nitrogen and oxygen atoms in total. The molecule has 0 unspecified atom stereocenters. The third kappa shape index (κ3) is 4.45. The van der Waals surface area contributed by atoms with Crippen molar-refractivity contribution in [1.82, 2.24) is 34.7 Å². The lowest BCUT2D eigenvalue weighted by Crippen LogP contribution is -2.21. The van der Waals surface area contributed by atoms with Crippen LogP contribution in [0.5, 0.6) is 0 Å². The van der Waals surface area contributed by atoms with Crippen LogP contribution in [0.1, 0.15) is 26.5 Å². The number of hydrogen-bond acceptors (Lipinski definition) is 7. The molecule has 37 heavy (non-hydrogen) atoms. The third-order valence-corrected chi connectivity index (χ3v) is 5.42. The molecule has 4 aromatic heterocycles. The second-order valence-electron chi connectivity index (χ2n) is 7.53. The van der Waals surface area contributed by atoms with Crippen LogP contribution in [0.15, 0.2) is 61.2 Å². The summed E-state index contributed by atoms with van der Waals surface area (Å²) in [4.78, 5) is 33.2. The van der Waals surface area contributed by atoms with Crippen LogP contribution in [-0.2, 0) is 6.18 Å². The van der Waals surface area contributed by atoms with Crippen LogP contribution in [0, 0.1) is 0 Å². The molecule has 0 radical (unpaired) electrons. The fourth-order valence-corrected chi connectivity index (χ4v) is 3.81. The average Bonchev–Trinajstić information content (AvgIpc) is 3.52. The van der Waals surface area contributed by atoms with Crippen molar-refractivity contribution in [3.05, 3.63) is 83.2 Å². The van der Waals surface area contributed by atoms with Crippen molar-refractivity contribution in [3.63, 3.8) is 0 Å². The Balaban J connectivity index is 1.49. The molecular formula is C22H13ClF3N9O2. The highest BCUT2D eigenvalue weighted by atomic mass is 35.5. The Morgan fingerprint density at radius 3 is 2.54 bits per heavy atom. The van der Waals surface area contributed by atoms with Gasteiger partial charge in [0.1, 0.15) is 0 Å². The number of carbonyl (C=O) groups excluding carboxylic acids is 2. The van der Waals surface area contributed by atoms with Gasteiger partial charge < -0.3 is 11.1 Å². The Morgan fingerprint density at radius 2 is 1.84 bits per heavy atom. The molecule has 0 spiro atoms. The highest BCUT2D eigenvalue weighted by molar-refractivity contribution is 6.32. The van der Waals surface area contributed by atoms with Crippen molar-refractivity contribution in [2.24, 2.45) is 5.73 Å². The van der Waals surface area contributed by atoms with Gasteiger partial charge >= 0.3 is 6.18 Å². The molecule has 3 N–H and O–H groups in total. The number of primary amides is 1. The molecule has 0 atom stereocenters. The number of carbonyl (C=O) groups is 2. The summed E-state index contributed by atoms with van der Waals surface area (Å²) >= 11 is 6.19. The smallest absolute Gasteiger partial charge is 0.364 e. The van der Waals surface area contributed by atoms with Gasteiger partial charge in [-0.05, 0) is 30.3 Å². The van der Waals surface area contributed by atoms with Gasteiger partial charge in [0.15, 0.2) is 17.2 Å². The van der Waals surface area contributed by atoms with Crippen molar-refractivity contribution < 1.29 is 22.8 Å². The summed E-state index contributed by atoms with van der Waals surface area (Å²) < 4.78 is 43.1. The highest BCUT2D eigenvalue weighted by Gasteiger charge is 2.41. The lowest BCUT2D eigenvalue weighted by Gasteiger charge is -2.14. The molecule has 0 saturated heterocycles. The van der Waals surface area contributed by atoms with E-state index in [-0.39, 0.29) is 27.9 Å². The quantitative estimate of drug-likeness (QED) is 0.356. The number of rotatable bonds is 5. The van der Waals surface area contributed by atoms with E-state index in [0.29, 0.717) is 15.6 Å². The predicted molar refractivity (Wildman–Crippen MR) is 125 cm³/mol. The maximum atomic E-state index is 14.2. The normalized spacial score (nSPS) is 11.6. The number of nitrogens with two attached hydrogens (primary N) is 1. The van der Waals surface area contributed by atoms with Gasteiger partial charge in [-0.3, -0.25) is 14.6 Å². The molecule has 0 saturated carbocycles. The van der Waals surface area contributed by atoms with Gasteiger partial charge in [0.25, 0.3) is 11.8 Å². The maximum absolute atomic E-state index is 14.2. The van der Waals surface area contributed by atoms with E-state index in [1.165, 1.54) is 18.3 Å². The number of benzene rings is 1. The first-order valence-electron chi connectivity index (χ1n) is 10.3. The molecule has 2 amide bonds. The van der Waals surface area contributed by atoms with E-state index in [9.17, 15) is 22.8 Å². The molecule has 0 aliphatic carbocycles. The van der Waals surface area contributed by atoms with Crippen LogP contribution in [0.25, 0.3) is 22.4 Å². The summed E-state index contributed by atoms with van der Waals surface area (Å²) in [7, 11) is 0. The van der Waals surface area contributed by atoms with Crippen LogP contribution in [0.4, 0.5) is 18.9 Å². The van der Waals surface area contributed by atoms with Gasteiger partial charge in [-0.15, -0.1) is 9.90 Å². The molecular weight excluding hydrogens is 515 g/mol. The van der Waals surface area contributed by atoms with Crippen molar-refractivity contribution in [2.45, 2.75) is 6.18 Å². The standard InChI is InChI=1S/C22H13ClF3N9O2/c23-14-7-11(8-29-20(14)35-31-10-16(33-35)19(27)36)32-21(37)13-9-30-34(18(13)22(24,25)26)17-5-1-4-15-12(17)3-2-6-28-15/h1-10H,(H2,27,36)(H,32,37). The number of nitrogens with zero attached hydrogens (tertiary/aromatic N) is 7. The largest absolute Gasteiger partial charge is 0.434 e. The monoisotopic (exact) mass is 527 g/mol. The van der Waals surface area contributed by atoms with Crippen LogP contribution < -0.4 is 11.1 Å². The van der Waals surface area contributed by atoms with E-state index in [0.717, 1.165) is 23.4 Å². The van der Waals surface area contributed by atoms with Gasteiger partial charge in [0.05, 0.1) is 46.1 Å². The number of alkyl halides is 3. The lowest BCUT2D eigenvalue weighted by atomic mass is 10.1. The van der Waals surface area contributed by atoms with Gasteiger partial charge in [0.2, 0.25) is 0 Å². The van der Waals surface area contributed by atoms with Crippen molar-refractivity contribution >= 4 is 40.0 Å². The van der Waals surface area contributed by atoms with E-state index in [1.807, 2.05) is 0 Å². The van der Waals surface area contributed by atoms with Crippen LogP contribution >= 0.6 is 11.6 Å². The summed E-state index contributed by atoms with van der Waals surface area (Å²) in [6, 6.07) is 9.07. The van der Waals surface area contributed by atoms with Gasteiger partial charge in [-0.25, -0.2) is 9.67 Å². The van der Waals surface area contributed by atoms with E-state index in [2.05, 4.69) is 30.6 Å². The van der Waals surface area contributed by atoms with Crippen LogP contribution in [0.2, 0.25) is 5.02 Å². The number of nitrogens with one attached hydrogen (secondary N) is 1. The van der Waals surface area contributed by atoms with Gasteiger partial charge in [-0.1, -0.05) is 17.7 Å². The number of pyridine rings is 2. The molecule has 0 aliphatic heterocycles. The molecule has 0 bridgehead atoms. The second-order valence-corrected chi connectivity index (χ2v) is 7.94. The molecule has 5 rings (SSSR count). The first-order valence-corrected chi connectivity index (χ1v) is 10.7. The Bertz CT molecular complexity index is 1670. The predicted octanol–water partition coefficient (Wildman–Crippen LogP) is 3.42. The van der Waals surface area contributed by atoms with E-state index >= 15 is 0 Å². The van der Waals surface area contributed by atoms with E-state index in [1.54, 1.807) is 24.3 Å². The summed E-state index contributed by atoms with van der Waals surface area (Å²) in [5.74, 6) is -1.90. The summed E-state index contributed by atoms with van der Waals surface area (Å²) in [5.41, 5.74) is 3.59. The number of fused-ring (bicyclic) bond motifs is 1. The number of hydrogen-bond donors (Lipinski definition) is 2. The highest BCUT2D eigenvalue weighted by Crippen LogP contribution is 2.35. The second kappa shape index (κ2) is 8.98. The fraction of sp³-hybridized carbons (Fsp3) is 0.0455. The van der Waals surface area contributed by atoms with Gasteiger partial charge in [0, 0.05) is 11.6 Å². The fourth-order valence-electron chi connectivity index (χ4n) is 3.56. The molecule has 0 fully saturated rings. The lowest BCUT2D eigenvalue weighted by molar-refractivity contribution is -0.143. The Morgan fingerprint density at radius 1 is 1.03 bits per heavy atom. The third-order valence-electron chi connectivity index (χ3n) is 5.15. The van der Waals surface area contributed by atoms with E-state index < -0.39 is 29.2 Å². The first-order chi connectivity index (χ1) is 17.6. The maximum Gasteiger partial charge on any atom is 0.434 e. The molecule has 0 aliphatic rings. The minimum Gasteiger partial charge on any atom is -0.364 e. The summed E-state index contributed by atoms with van der Waals surface area (Å²) in [6.45, 7) is 0. The molecule has 5 aromatic rings. The Hall–Kier alpha value is -4.85. The summed E-state index contributed by atoms with van der Waals surface area (Å²) in [5, 5.41) is 14.2. The Kier molecular flexibility index (Phi) is 5.79. The molecule has 15 heteroatoms. The number of halogens is 4.